The molecule has 0 saturated carbocycles. The number of halogens is 18. The van der Waals surface area contributed by atoms with Gasteiger partial charge in [0.05, 0.1) is 0 Å². The predicted molar refractivity (Wildman–Crippen MR) is 56.0 cm³/mol. The molecule has 0 amide bonds. The second-order valence-electron chi connectivity index (χ2n) is 4.44. The van der Waals surface area contributed by atoms with Crippen molar-refractivity contribution in [2.75, 3.05) is 0 Å². The third-order valence-electron chi connectivity index (χ3n) is 2.68. The second kappa shape index (κ2) is 6.16. The molecule has 0 aliphatic heterocycles. The third kappa shape index (κ3) is 3.14. The van der Waals surface area contributed by atoms with Gasteiger partial charge in [0, 0.05) is 0 Å². The fraction of sp³-hybridized carbons (Fsp3) is 1.00. The maximum atomic E-state index is 13.2. The Kier molecular flexibility index (Phi) is 6.12. The molecular weight excluding hydrogens is 487 g/mol. The van der Waals surface area contributed by atoms with Crippen molar-refractivity contribution < 1.29 is 65.9 Å². The lowest BCUT2D eigenvalue weighted by molar-refractivity contribution is -0.445. The van der Waals surface area contributed by atoms with Crippen molar-refractivity contribution in [2.24, 2.45) is 0 Å². The van der Waals surface area contributed by atoms with Crippen LogP contribution in [0.15, 0.2) is 0 Å². The second-order valence-corrected chi connectivity index (χ2v) is 6.20. The Labute approximate surface area is 147 Å². The van der Waals surface area contributed by atoms with Gasteiger partial charge in [0.25, 0.3) is 0 Å². The lowest BCUT2D eigenvalue weighted by atomic mass is 9.92. The van der Waals surface area contributed by atoms with Gasteiger partial charge in [0.15, 0.2) is 0 Å². The van der Waals surface area contributed by atoms with E-state index in [1.807, 2.05) is 0 Å². The van der Waals surface area contributed by atoms with Crippen LogP contribution in [0.3, 0.4) is 0 Å². The molecular formula is C8Cl3F15. The molecule has 0 N–H and O–H groups in total. The van der Waals surface area contributed by atoms with Crippen LogP contribution in [0.25, 0.3) is 0 Å². The first-order chi connectivity index (χ1) is 10.8. The summed E-state index contributed by atoms with van der Waals surface area (Å²) in [5.74, 6) is -40.5. The van der Waals surface area contributed by atoms with E-state index in [2.05, 4.69) is 34.8 Å². The third-order valence-corrected chi connectivity index (χ3v) is 3.90. The van der Waals surface area contributed by atoms with Crippen LogP contribution in [-0.4, -0.2) is 45.5 Å². The van der Waals surface area contributed by atoms with Crippen LogP contribution in [0.2, 0.25) is 0 Å². The van der Waals surface area contributed by atoms with Gasteiger partial charge < -0.3 is 0 Å². The predicted octanol–water partition coefficient (Wildman–Crippen LogP) is 6.73. The van der Waals surface area contributed by atoms with Crippen LogP contribution in [-0.2, 0) is 0 Å². The van der Waals surface area contributed by atoms with Crippen LogP contribution < -0.4 is 0 Å². The summed E-state index contributed by atoms with van der Waals surface area (Å²) in [5, 5.41) is -6.39. The van der Waals surface area contributed by atoms with Gasteiger partial charge in [-0.15, -0.1) is 0 Å². The molecule has 0 heterocycles. The van der Waals surface area contributed by atoms with E-state index in [0.29, 0.717) is 0 Å². The number of alkyl halides is 18. The largest absolute Gasteiger partial charge is 0.460 e. The zero-order valence-corrected chi connectivity index (χ0v) is 13.1. The molecule has 0 spiro atoms. The standard InChI is InChI=1S/C8Cl3F15/c9-1(12,7(10,11)23)2(13,14)3(15,16)4(17,18)5(19,20)6(21,22)8(24,25)26. The Morgan fingerprint density at radius 1 is 0.346 bits per heavy atom. The summed E-state index contributed by atoms with van der Waals surface area (Å²) in [6.07, 6.45) is -7.65. The van der Waals surface area contributed by atoms with Crippen molar-refractivity contribution in [3.05, 3.63) is 0 Å². The van der Waals surface area contributed by atoms with E-state index in [9.17, 15) is 65.9 Å². The van der Waals surface area contributed by atoms with E-state index in [0.717, 1.165) is 0 Å². The Bertz CT molecular complexity index is 480. The lowest BCUT2D eigenvalue weighted by Gasteiger charge is -2.42. The summed E-state index contributed by atoms with van der Waals surface area (Å²) >= 11 is 11.7. The molecule has 0 nitrogen and oxygen atoms in total. The molecule has 0 aromatic carbocycles. The highest BCUT2D eigenvalue weighted by Crippen LogP contribution is 2.65. The minimum absolute atomic E-state index is 3.83. The van der Waals surface area contributed by atoms with Crippen molar-refractivity contribution in [2.45, 2.75) is 45.5 Å². The van der Waals surface area contributed by atoms with Crippen LogP contribution in [0.4, 0.5) is 65.9 Å². The first kappa shape index (κ1) is 25.8. The summed E-state index contributed by atoms with van der Waals surface area (Å²) in [6, 6.07) is 0. The van der Waals surface area contributed by atoms with Crippen molar-refractivity contribution >= 4 is 34.8 Å². The zero-order valence-electron chi connectivity index (χ0n) is 10.8. The molecule has 0 fully saturated rings. The van der Waals surface area contributed by atoms with E-state index in [-0.39, 0.29) is 0 Å². The first-order valence-electron chi connectivity index (χ1n) is 5.15. The van der Waals surface area contributed by atoms with Gasteiger partial charge in [-0.1, -0.05) is 34.8 Å². The van der Waals surface area contributed by atoms with Crippen molar-refractivity contribution in [3.63, 3.8) is 0 Å². The lowest BCUT2D eigenvalue weighted by Crippen LogP contribution is -2.73. The van der Waals surface area contributed by atoms with E-state index >= 15 is 0 Å². The highest BCUT2D eigenvalue weighted by Gasteiger charge is 2.94. The summed E-state index contributed by atoms with van der Waals surface area (Å²) in [7, 11) is 0. The summed E-state index contributed by atoms with van der Waals surface area (Å²) < 4.78 is 185. The number of hydrogen-bond donors (Lipinski definition) is 0. The minimum atomic E-state index is -8.35. The summed E-state index contributed by atoms with van der Waals surface area (Å²) in [5.41, 5.74) is 0. The van der Waals surface area contributed by atoms with Crippen LogP contribution in [0, 0.1) is 0 Å². The van der Waals surface area contributed by atoms with Crippen molar-refractivity contribution in [1.29, 1.82) is 0 Å². The molecule has 1 atom stereocenters. The molecule has 1 unspecified atom stereocenters. The zero-order chi connectivity index (χ0) is 22.0. The molecule has 0 saturated heterocycles. The SMILES string of the molecule is FC(F)(F)C(F)(F)C(F)(F)C(F)(F)C(F)(F)C(F)(F)C(F)(Cl)C(F)(Cl)Cl. The minimum Gasteiger partial charge on any atom is -0.212 e. The van der Waals surface area contributed by atoms with Gasteiger partial charge >= 0.3 is 45.5 Å². The maximum Gasteiger partial charge on any atom is 0.460 e. The Hall–Kier alpha value is -0.180. The number of rotatable bonds is 6. The highest BCUT2D eigenvalue weighted by atomic mass is 35.5. The molecule has 0 aromatic rings. The van der Waals surface area contributed by atoms with Crippen LogP contribution in [0.1, 0.15) is 0 Å². The Morgan fingerprint density at radius 2 is 0.577 bits per heavy atom. The van der Waals surface area contributed by atoms with E-state index in [1.165, 1.54) is 0 Å². The van der Waals surface area contributed by atoms with Gasteiger partial charge in [0.2, 0.25) is 0 Å². The highest BCUT2D eigenvalue weighted by molar-refractivity contribution is 6.52. The Morgan fingerprint density at radius 3 is 0.808 bits per heavy atom. The monoisotopic (exact) mass is 486 g/mol. The van der Waals surface area contributed by atoms with E-state index in [4.69, 9.17) is 0 Å². The van der Waals surface area contributed by atoms with Crippen LogP contribution >= 0.6 is 34.8 Å². The fourth-order valence-corrected chi connectivity index (χ4v) is 1.50. The molecule has 0 rings (SSSR count). The average Bonchev–Trinajstić information content (AvgIpc) is 2.34. The molecule has 158 valence electrons. The normalized spacial score (nSPS) is 18.7. The molecule has 26 heavy (non-hydrogen) atoms. The maximum absolute atomic E-state index is 13.2. The average molecular weight is 487 g/mol. The van der Waals surface area contributed by atoms with Gasteiger partial charge in [0.1, 0.15) is 0 Å². The molecule has 0 aliphatic carbocycles. The molecule has 0 radical (unpaired) electrons. The van der Waals surface area contributed by atoms with Crippen molar-refractivity contribution in [1.82, 2.24) is 0 Å². The van der Waals surface area contributed by atoms with E-state index in [1.54, 1.807) is 0 Å². The van der Waals surface area contributed by atoms with Crippen molar-refractivity contribution in [3.8, 4) is 0 Å². The smallest absolute Gasteiger partial charge is 0.212 e. The van der Waals surface area contributed by atoms with Gasteiger partial charge in [-0.05, 0) is 0 Å². The first-order valence-corrected chi connectivity index (χ1v) is 6.29. The molecule has 0 aliphatic rings. The summed E-state index contributed by atoms with van der Waals surface area (Å²) in [6.45, 7) is 0. The molecule has 0 aromatic heterocycles. The Balaban J connectivity index is 6.61. The van der Waals surface area contributed by atoms with Crippen LogP contribution in [0.5, 0.6) is 0 Å². The topological polar surface area (TPSA) is 0 Å². The number of hydrogen-bond acceptors (Lipinski definition) is 0. The fourth-order valence-electron chi connectivity index (χ4n) is 1.14. The molecule has 0 bridgehead atoms. The van der Waals surface area contributed by atoms with Gasteiger partial charge in [-0.25, -0.2) is 8.78 Å². The van der Waals surface area contributed by atoms with Gasteiger partial charge in [-0.3, -0.25) is 0 Å². The van der Waals surface area contributed by atoms with Gasteiger partial charge in [-0.2, -0.15) is 57.1 Å². The van der Waals surface area contributed by atoms with E-state index < -0.39 is 45.5 Å². The quantitative estimate of drug-likeness (QED) is 0.288. The molecule has 18 heteroatoms. The summed E-state index contributed by atoms with van der Waals surface area (Å²) in [4.78, 5) is 0.